The minimum atomic E-state index is -4.75. The van der Waals surface area contributed by atoms with Gasteiger partial charge in [0.1, 0.15) is 5.75 Å². The molecule has 38 heavy (non-hydrogen) atoms. The summed E-state index contributed by atoms with van der Waals surface area (Å²) in [6.07, 6.45) is -4.36. The minimum absolute atomic E-state index is 0.0303. The molecule has 7 nitrogen and oxygen atoms in total. The Morgan fingerprint density at radius 3 is 2.37 bits per heavy atom. The van der Waals surface area contributed by atoms with Crippen molar-refractivity contribution in [2.24, 2.45) is 0 Å². The molecule has 0 aliphatic rings. The third-order valence-electron chi connectivity index (χ3n) is 5.72. The van der Waals surface area contributed by atoms with E-state index in [1.807, 2.05) is 0 Å². The number of thiazole rings is 1. The number of hydrogen-bond acceptors (Lipinski definition) is 7. The Morgan fingerprint density at radius 2 is 1.76 bits per heavy atom. The number of nitrogens with one attached hydrogen (secondary N) is 1. The SMILES string of the molecule is CCS(=O)(=O)c1ccc(C(CO)NC(=O)c2ccc3nc(Cc4ccc(OC(F)(F)F)cc4)sc3c2)cc1. The Morgan fingerprint density at radius 1 is 1.08 bits per heavy atom. The van der Waals surface area contributed by atoms with Gasteiger partial charge in [0, 0.05) is 12.0 Å². The average molecular weight is 565 g/mol. The number of benzene rings is 3. The summed E-state index contributed by atoms with van der Waals surface area (Å²) >= 11 is 1.36. The topological polar surface area (TPSA) is 106 Å². The molecular formula is C26H23F3N2O5S2. The number of carbonyl (C=O) groups excluding carboxylic acids is 1. The average Bonchev–Trinajstić information content (AvgIpc) is 3.29. The number of aliphatic hydroxyl groups is 1. The lowest BCUT2D eigenvalue weighted by Crippen LogP contribution is -2.30. The molecule has 4 aromatic rings. The van der Waals surface area contributed by atoms with Gasteiger partial charge in [0.15, 0.2) is 9.84 Å². The first kappa shape index (κ1) is 27.6. The van der Waals surface area contributed by atoms with Crippen LogP contribution in [0.15, 0.2) is 71.6 Å². The van der Waals surface area contributed by atoms with Crippen molar-refractivity contribution in [2.45, 2.75) is 30.6 Å². The first-order valence-electron chi connectivity index (χ1n) is 11.5. The molecule has 1 aromatic heterocycles. The number of aliphatic hydroxyl groups excluding tert-OH is 1. The molecule has 0 spiro atoms. The van der Waals surface area contributed by atoms with E-state index in [1.54, 1.807) is 37.3 Å². The van der Waals surface area contributed by atoms with E-state index in [2.05, 4.69) is 15.0 Å². The molecule has 3 aromatic carbocycles. The molecule has 0 aliphatic heterocycles. The summed E-state index contributed by atoms with van der Waals surface area (Å²) in [5.41, 5.74) is 2.33. The summed E-state index contributed by atoms with van der Waals surface area (Å²) in [4.78, 5) is 17.6. The van der Waals surface area contributed by atoms with Crippen molar-refractivity contribution in [3.8, 4) is 5.75 Å². The highest BCUT2D eigenvalue weighted by molar-refractivity contribution is 7.91. The molecule has 1 unspecified atom stereocenters. The van der Waals surface area contributed by atoms with Crippen molar-refractivity contribution < 1.29 is 36.2 Å². The smallest absolute Gasteiger partial charge is 0.406 e. The van der Waals surface area contributed by atoms with Crippen LogP contribution in [0.1, 0.15) is 39.5 Å². The summed E-state index contributed by atoms with van der Waals surface area (Å²) in [6, 6.07) is 15.8. The Balaban J connectivity index is 1.45. The molecule has 200 valence electrons. The van der Waals surface area contributed by atoms with Crippen LogP contribution in [-0.2, 0) is 16.3 Å². The molecule has 1 amide bonds. The molecule has 0 saturated heterocycles. The van der Waals surface area contributed by atoms with Crippen molar-refractivity contribution >= 4 is 37.3 Å². The Labute approximate surface area is 220 Å². The van der Waals surface area contributed by atoms with Crippen LogP contribution < -0.4 is 10.1 Å². The maximum atomic E-state index is 12.9. The van der Waals surface area contributed by atoms with E-state index in [-0.39, 0.29) is 23.0 Å². The maximum Gasteiger partial charge on any atom is 0.573 e. The largest absolute Gasteiger partial charge is 0.573 e. The van der Waals surface area contributed by atoms with Crippen LogP contribution >= 0.6 is 11.3 Å². The lowest BCUT2D eigenvalue weighted by molar-refractivity contribution is -0.274. The second-order valence-corrected chi connectivity index (χ2v) is 11.7. The number of nitrogens with zero attached hydrogens (tertiary/aromatic N) is 1. The lowest BCUT2D eigenvalue weighted by Gasteiger charge is -2.17. The van der Waals surface area contributed by atoms with Crippen molar-refractivity contribution in [2.75, 3.05) is 12.4 Å². The van der Waals surface area contributed by atoms with E-state index >= 15 is 0 Å². The zero-order valence-electron chi connectivity index (χ0n) is 20.0. The van der Waals surface area contributed by atoms with Gasteiger partial charge in [-0.15, -0.1) is 24.5 Å². The summed E-state index contributed by atoms with van der Waals surface area (Å²) in [5.74, 6) is -0.756. The third-order valence-corrected chi connectivity index (χ3v) is 8.49. The van der Waals surface area contributed by atoms with Crippen LogP contribution in [0.25, 0.3) is 10.2 Å². The van der Waals surface area contributed by atoms with Gasteiger partial charge in [-0.2, -0.15) is 0 Å². The molecule has 0 bridgehead atoms. The number of fused-ring (bicyclic) bond motifs is 1. The Bertz CT molecular complexity index is 1530. The van der Waals surface area contributed by atoms with Crippen LogP contribution in [0, 0.1) is 0 Å². The van der Waals surface area contributed by atoms with Crippen molar-refractivity contribution in [3.63, 3.8) is 0 Å². The molecule has 0 saturated carbocycles. The molecule has 1 atom stereocenters. The number of amides is 1. The maximum absolute atomic E-state index is 12.9. The van der Waals surface area contributed by atoms with Gasteiger partial charge in [0.25, 0.3) is 5.91 Å². The van der Waals surface area contributed by atoms with Gasteiger partial charge < -0.3 is 15.2 Å². The van der Waals surface area contributed by atoms with Gasteiger partial charge in [-0.05, 0) is 53.6 Å². The van der Waals surface area contributed by atoms with E-state index in [0.29, 0.717) is 23.1 Å². The summed E-state index contributed by atoms with van der Waals surface area (Å²) in [6.45, 7) is 1.17. The fourth-order valence-corrected chi connectivity index (χ4v) is 5.65. The number of carbonyl (C=O) groups is 1. The fourth-order valence-electron chi connectivity index (χ4n) is 3.72. The zero-order chi connectivity index (χ0) is 27.5. The predicted octanol–water partition coefficient (Wildman–Crippen LogP) is 5.04. The number of halogens is 3. The second kappa shape index (κ2) is 11.1. The first-order valence-corrected chi connectivity index (χ1v) is 13.9. The molecule has 0 aliphatic carbocycles. The number of sulfone groups is 1. The van der Waals surface area contributed by atoms with E-state index in [0.717, 1.165) is 15.3 Å². The highest BCUT2D eigenvalue weighted by Gasteiger charge is 2.31. The predicted molar refractivity (Wildman–Crippen MR) is 137 cm³/mol. The van der Waals surface area contributed by atoms with Crippen LogP contribution in [0.4, 0.5) is 13.2 Å². The Kier molecular flexibility index (Phi) is 8.05. The molecule has 12 heteroatoms. The van der Waals surface area contributed by atoms with Gasteiger partial charge in [-0.1, -0.05) is 31.2 Å². The number of ether oxygens (including phenoxy) is 1. The van der Waals surface area contributed by atoms with Gasteiger partial charge >= 0.3 is 6.36 Å². The number of rotatable bonds is 9. The number of alkyl halides is 3. The van der Waals surface area contributed by atoms with E-state index in [9.17, 15) is 31.5 Å². The zero-order valence-corrected chi connectivity index (χ0v) is 21.7. The molecule has 0 radical (unpaired) electrons. The van der Waals surface area contributed by atoms with Gasteiger partial charge in [0.05, 0.1) is 38.5 Å². The van der Waals surface area contributed by atoms with Gasteiger partial charge in [-0.25, -0.2) is 13.4 Å². The normalized spacial score (nSPS) is 12.9. The number of hydrogen-bond donors (Lipinski definition) is 2. The van der Waals surface area contributed by atoms with Crippen molar-refractivity contribution in [3.05, 3.63) is 88.4 Å². The molecule has 2 N–H and O–H groups in total. The first-order chi connectivity index (χ1) is 18.0. The van der Waals surface area contributed by atoms with Gasteiger partial charge in [-0.3, -0.25) is 4.79 Å². The van der Waals surface area contributed by atoms with Crippen LogP contribution in [0.5, 0.6) is 5.75 Å². The third kappa shape index (κ3) is 6.69. The van der Waals surface area contributed by atoms with Crippen molar-refractivity contribution in [1.82, 2.24) is 10.3 Å². The Hall–Kier alpha value is -3.48. The fraction of sp³-hybridized carbons (Fsp3) is 0.231. The lowest BCUT2D eigenvalue weighted by atomic mass is 10.1. The second-order valence-electron chi connectivity index (χ2n) is 8.34. The highest BCUT2D eigenvalue weighted by atomic mass is 32.2. The van der Waals surface area contributed by atoms with E-state index in [1.165, 1.54) is 47.7 Å². The quantitative estimate of drug-likeness (QED) is 0.295. The molecule has 1 heterocycles. The monoisotopic (exact) mass is 564 g/mol. The standard InChI is InChI=1S/C26H23F3N2O5S2/c1-2-38(34,35)20-10-5-17(6-11-20)22(15-32)31-25(33)18-7-12-21-23(14-18)37-24(30-21)13-16-3-8-19(9-4-16)36-26(27,28)29/h3-12,14,22,32H,2,13,15H2,1H3,(H,31,33). The van der Waals surface area contributed by atoms with Crippen LogP contribution in [-0.4, -0.2) is 43.1 Å². The molecule has 0 fully saturated rings. The van der Waals surface area contributed by atoms with E-state index < -0.39 is 28.1 Å². The minimum Gasteiger partial charge on any atom is -0.406 e. The van der Waals surface area contributed by atoms with E-state index in [4.69, 9.17) is 0 Å². The van der Waals surface area contributed by atoms with Crippen LogP contribution in [0.3, 0.4) is 0 Å². The van der Waals surface area contributed by atoms with Crippen LogP contribution in [0.2, 0.25) is 0 Å². The highest BCUT2D eigenvalue weighted by Crippen LogP contribution is 2.27. The molecular weight excluding hydrogens is 541 g/mol. The van der Waals surface area contributed by atoms with Gasteiger partial charge in [0.2, 0.25) is 0 Å². The number of aromatic nitrogens is 1. The summed E-state index contributed by atoms with van der Waals surface area (Å²) < 4.78 is 65.7. The summed E-state index contributed by atoms with van der Waals surface area (Å²) in [7, 11) is -3.36. The van der Waals surface area contributed by atoms with Crippen molar-refractivity contribution in [1.29, 1.82) is 0 Å². The summed E-state index contributed by atoms with van der Waals surface area (Å²) in [5, 5.41) is 13.3. The molecule has 4 rings (SSSR count).